The lowest BCUT2D eigenvalue weighted by atomic mass is 9.95. The Morgan fingerprint density at radius 1 is 1.14 bits per heavy atom. The molecule has 0 aliphatic heterocycles. The summed E-state index contributed by atoms with van der Waals surface area (Å²) in [5.41, 5.74) is -4.86. The summed E-state index contributed by atoms with van der Waals surface area (Å²) < 4.78 is 93.9. The van der Waals surface area contributed by atoms with Gasteiger partial charge in [-0.25, -0.2) is 23.1 Å². The maximum atomic E-state index is 14.4. The maximum Gasteiger partial charge on any atom is 0.424 e. The summed E-state index contributed by atoms with van der Waals surface area (Å²) in [6.07, 6.45) is -8.30. The van der Waals surface area contributed by atoms with Crippen LogP contribution in [0.25, 0.3) is 21.5 Å². The number of halogens is 7. The van der Waals surface area contributed by atoms with E-state index in [1.54, 1.807) is 6.92 Å². The van der Waals surface area contributed by atoms with Crippen LogP contribution in [0, 0.1) is 19.7 Å². The molecule has 2 N–H and O–H groups in total. The van der Waals surface area contributed by atoms with Crippen LogP contribution in [0.5, 0.6) is 11.5 Å². The summed E-state index contributed by atoms with van der Waals surface area (Å²) in [6.45, 7) is 0.510. The third-order valence-electron chi connectivity index (χ3n) is 6.15. The summed E-state index contributed by atoms with van der Waals surface area (Å²) in [5, 5.41) is 13.4. The zero-order valence-electron chi connectivity index (χ0n) is 22.1. The van der Waals surface area contributed by atoms with Crippen LogP contribution in [-0.4, -0.2) is 53.8 Å². The van der Waals surface area contributed by atoms with Crippen molar-refractivity contribution in [2.24, 2.45) is 0 Å². The number of hydrogen-bond donors (Lipinski definition) is 2. The molecule has 42 heavy (non-hydrogen) atoms. The molecule has 7 nitrogen and oxygen atoms in total. The molecule has 0 saturated carbocycles. The Kier molecular flexibility index (Phi) is 8.90. The minimum atomic E-state index is -5.38. The Bertz CT molecular complexity index is 1650. The number of alkyl halides is 5. The maximum absolute atomic E-state index is 14.4. The molecule has 4 rings (SSSR count). The van der Waals surface area contributed by atoms with Crippen LogP contribution in [0.4, 0.5) is 26.3 Å². The number of ether oxygens (including phenoxy) is 2. The third-order valence-corrected chi connectivity index (χ3v) is 7.36. The molecule has 0 spiro atoms. The van der Waals surface area contributed by atoms with Gasteiger partial charge in [0.2, 0.25) is 5.60 Å². The highest BCUT2D eigenvalue weighted by Crippen LogP contribution is 2.42. The molecule has 1 amide bonds. The van der Waals surface area contributed by atoms with Gasteiger partial charge in [0.25, 0.3) is 12.3 Å². The fourth-order valence-corrected chi connectivity index (χ4v) is 5.15. The van der Waals surface area contributed by atoms with Crippen LogP contribution < -0.4 is 14.8 Å². The van der Waals surface area contributed by atoms with Crippen molar-refractivity contribution in [2.45, 2.75) is 32.1 Å². The Balaban J connectivity index is 1.76. The number of aromatic nitrogens is 2. The molecule has 1 atom stereocenters. The quantitative estimate of drug-likeness (QED) is 0.202. The molecule has 0 unspecified atom stereocenters. The lowest BCUT2D eigenvalue weighted by Gasteiger charge is -2.31. The van der Waals surface area contributed by atoms with Gasteiger partial charge >= 0.3 is 6.18 Å². The minimum absolute atomic E-state index is 0.0472. The van der Waals surface area contributed by atoms with E-state index in [1.165, 1.54) is 37.5 Å². The first-order valence-corrected chi connectivity index (χ1v) is 13.2. The number of aliphatic hydroxyl groups is 1. The largest absolute Gasteiger partial charge is 0.494 e. The fourth-order valence-electron chi connectivity index (χ4n) is 4.08. The Morgan fingerprint density at radius 3 is 2.48 bits per heavy atom. The van der Waals surface area contributed by atoms with Crippen LogP contribution >= 0.6 is 22.9 Å². The second-order valence-electron chi connectivity index (χ2n) is 9.13. The van der Waals surface area contributed by atoms with E-state index in [1.807, 2.05) is 0 Å². The van der Waals surface area contributed by atoms with Crippen LogP contribution in [0.2, 0.25) is 5.02 Å². The van der Waals surface area contributed by atoms with Gasteiger partial charge in [0.05, 0.1) is 34.1 Å². The molecular weight excluding hydrogens is 612 g/mol. The SMILES string of the molecule is COc1cc(C(=O)NC[C@](O)(c2cc(C)c(OCC(F)F)c(-c3ccc(F)c(Cl)c3)n2)C(F)(F)F)cc2sc(C)nc12. The van der Waals surface area contributed by atoms with Gasteiger partial charge in [0.1, 0.15) is 35.1 Å². The highest BCUT2D eigenvalue weighted by molar-refractivity contribution is 7.18. The number of thiazole rings is 1. The number of aryl methyl sites for hydroxylation is 2. The standard InChI is InChI=1S/C27H22ClF6N3O4S/c1-12-6-20(37-22(24(12)41-10-21(30)31)14-4-5-17(29)16(28)7-14)26(39,27(32,33)34)11-35-25(38)15-8-18(40-3)23-19(9-15)42-13(2)36-23/h4-9,21,39H,10-11H2,1-3H3,(H,35,38)/t26-/m0/s1. The van der Waals surface area contributed by atoms with Gasteiger partial charge in [-0.1, -0.05) is 11.6 Å². The Hall–Kier alpha value is -3.62. The van der Waals surface area contributed by atoms with Crippen molar-refractivity contribution >= 4 is 39.1 Å². The summed E-state index contributed by atoms with van der Waals surface area (Å²) in [4.78, 5) is 21.2. The summed E-state index contributed by atoms with van der Waals surface area (Å²) >= 11 is 7.08. The van der Waals surface area contributed by atoms with Crippen LogP contribution in [0.1, 0.15) is 26.6 Å². The van der Waals surface area contributed by atoms with E-state index in [2.05, 4.69) is 15.3 Å². The Morgan fingerprint density at radius 2 is 1.86 bits per heavy atom. The fraction of sp³-hybridized carbons (Fsp3) is 0.296. The molecule has 4 aromatic rings. The number of amides is 1. The van der Waals surface area contributed by atoms with Gasteiger partial charge < -0.3 is 19.9 Å². The average molecular weight is 634 g/mol. The van der Waals surface area contributed by atoms with Crippen molar-refractivity contribution in [2.75, 3.05) is 20.3 Å². The molecule has 224 valence electrons. The first-order valence-electron chi connectivity index (χ1n) is 12.1. The third kappa shape index (κ3) is 6.25. The van der Waals surface area contributed by atoms with Gasteiger partial charge in [0, 0.05) is 11.1 Å². The first kappa shape index (κ1) is 31.3. The lowest BCUT2D eigenvalue weighted by Crippen LogP contribution is -2.51. The summed E-state index contributed by atoms with van der Waals surface area (Å²) in [6, 6.07) is 6.59. The number of carbonyl (C=O) groups is 1. The highest BCUT2D eigenvalue weighted by Gasteiger charge is 2.56. The number of carbonyl (C=O) groups excluding carboxylic acids is 1. The average Bonchev–Trinajstić information content (AvgIpc) is 3.30. The zero-order chi connectivity index (χ0) is 31.0. The van der Waals surface area contributed by atoms with Gasteiger partial charge in [0.15, 0.2) is 0 Å². The molecule has 2 aromatic carbocycles. The summed E-state index contributed by atoms with van der Waals surface area (Å²) in [7, 11) is 1.35. The van der Waals surface area contributed by atoms with E-state index in [9.17, 15) is 36.2 Å². The van der Waals surface area contributed by atoms with Crippen molar-refractivity contribution in [1.82, 2.24) is 15.3 Å². The second-order valence-corrected chi connectivity index (χ2v) is 10.8. The highest BCUT2D eigenvalue weighted by atomic mass is 35.5. The van der Waals surface area contributed by atoms with E-state index in [-0.39, 0.29) is 28.2 Å². The van der Waals surface area contributed by atoms with Gasteiger partial charge in [-0.15, -0.1) is 11.3 Å². The molecule has 0 aliphatic rings. The number of methoxy groups -OCH3 is 1. The van der Waals surface area contributed by atoms with Gasteiger partial charge in [-0.05, 0) is 55.8 Å². The zero-order valence-corrected chi connectivity index (χ0v) is 23.6. The van der Waals surface area contributed by atoms with Gasteiger partial charge in [-0.2, -0.15) is 13.2 Å². The second kappa shape index (κ2) is 11.9. The molecular formula is C27H22ClF6N3O4S. The number of benzene rings is 2. The smallest absolute Gasteiger partial charge is 0.424 e. The van der Waals surface area contributed by atoms with E-state index in [4.69, 9.17) is 21.1 Å². The number of pyridine rings is 1. The topological polar surface area (TPSA) is 93.6 Å². The van der Waals surface area contributed by atoms with Crippen LogP contribution in [0.3, 0.4) is 0 Å². The van der Waals surface area contributed by atoms with Crippen molar-refractivity contribution < 1.29 is 45.7 Å². The predicted molar refractivity (Wildman–Crippen MR) is 144 cm³/mol. The van der Waals surface area contributed by atoms with E-state index < -0.39 is 59.5 Å². The van der Waals surface area contributed by atoms with Crippen molar-refractivity contribution in [3.8, 4) is 22.8 Å². The molecule has 0 aliphatic carbocycles. The number of hydrogen-bond acceptors (Lipinski definition) is 7. The van der Waals surface area contributed by atoms with E-state index >= 15 is 0 Å². The summed E-state index contributed by atoms with van der Waals surface area (Å²) in [5.74, 6) is -1.90. The normalized spacial score (nSPS) is 13.3. The Labute approximate surface area is 244 Å². The lowest BCUT2D eigenvalue weighted by molar-refractivity contribution is -0.265. The molecule has 2 heterocycles. The van der Waals surface area contributed by atoms with Crippen molar-refractivity contribution in [3.63, 3.8) is 0 Å². The molecule has 2 aromatic heterocycles. The van der Waals surface area contributed by atoms with E-state index in [0.29, 0.717) is 15.2 Å². The van der Waals surface area contributed by atoms with Crippen LogP contribution in [-0.2, 0) is 5.60 Å². The minimum Gasteiger partial charge on any atom is -0.494 e. The van der Waals surface area contributed by atoms with Crippen molar-refractivity contribution in [3.05, 3.63) is 69.1 Å². The van der Waals surface area contributed by atoms with E-state index in [0.717, 1.165) is 24.3 Å². The molecule has 0 bridgehead atoms. The molecule has 0 radical (unpaired) electrons. The number of nitrogens with zero attached hydrogens (tertiary/aromatic N) is 2. The number of fused-ring (bicyclic) bond motifs is 1. The molecule has 0 fully saturated rings. The first-order chi connectivity index (χ1) is 19.6. The predicted octanol–water partition coefficient (Wildman–Crippen LogP) is 6.60. The number of nitrogens with one attached hydrogen (secondary N) is 1. The number of rotatable bonds is 9. The monoisotopic (exact) mass is 633 g/mol. The van der Waals surface area contributed by atoms with Crippen molar-refractivity contribution in [1.29, 1.82) is 0 Å². The van der Waals surface area contributed by atoms with Gasteiger partial charge in [-0.3, -0.25) is 4.79 Å². The van der Waals surface area contributed by atoms with Crippen LogP contribution in [0.15, 0.2) is 36.4 Å². The molecule has 0 saturated heterocycles. The molecule has 15 heteroatoms.